The van der Waals surface area contributed by atoms with Gasteiger partial charge < -0.3 is 9.88 Å². The summed E-state index contributed by atoms with van der Waals surface area (Å²) in [6.07, 6.45) is 9.85. The van der Waals surface area contributed by atoms with E-state index in [1.54, 1.807) is 21.9 Å². The molecule has 5 heterocycles. The van der Waals surface area contributed by atoms with Gasteiger partial charge >= 0.3 is 0 Å². The number of fused-ring (bicyclic) bond motifs is 1. The highest BCUT2D eigenvalue weighted by molar-refractivity contribution is 7.08. The van der Waals surface area contributed by atoms with Gasteiger partial charge in [-0.3, -0.25) is 4.79 Å². The van der Waals surface area contributed by atoms with Gasteiger partial charge in [-0.2, -0.15) is 16.4 Å². The molecule has 0 saturated carbocycles. The molecule has 2 unspecified atom stereocenters. The first-order valence-electron chi connectivity index (χ1n) is 10.00. The van der Waals surface area contributed by atoms with Gasteiger partial charge in [0, 0.05) is 41.8 Å². The van der Waals surface area contributed by atoms with E-state index in [4.69, 9.17) is 0 Å². The Bertz CT molecular complexity index is 1190. The van der Waals surface area contributed by atoms with E-state index in [9.17, 15) is 4.79 Å². The number of pyridine rings is 1. The van der Waals surface area contributed by atoms with Crippen molar-refractivity contribution in [1.29, 1.82) is 0 Å². The van der Waals surface area contributed by atoms with E-state index in [0.717, 1.165) is 47.4 Å². The summed E-state index contributed by atoms with van der Waals surface area (Å²) in [5.41, 5.74) is 4.73. The summed E-state index contributed by atoms with van der Waals surface area (Å²) in [5, 5.41) is 12.0. The molecule has 0 spiro atoms. The lowest BCUT2D eigenvalue weighted by Crippen LogP contribution is -2.37. The number of hydrogen-bond acceptors (Lipinski definition) is 5. The fourth-order valence-electron chi connectivity index (χ4n) is 4.17. The molecule has 5 rings (SSSR count). The molecule has 6 nitrogen and oxygen atoms in total. The van der Waals surface area contributed by atoms with E-state index in [2.05, 4.69) is 33.8 Å². The Kier molecular flexibility index (Phi) is 4.77. The van der Waals surface area contributed by atoms with E-state index < -0.39 is 0 Å². The van der Waals surface area contributed by atoms with E-state index in [-0.39, 0.29) is 11.6 Å². The van der Waals surface area contributed by atoms with Crippen LogP contribution in [0.25, 0.3) is 27.9 Å². The Morgan fingerprint density at radius 1 is 1.24 bits per heavy atom. The molecular weight excluding hydrogens is 382 g/mol. The molecule has 148 valence electrons. The molecule has 1 fully saturated rings. The van der Waals surface area contributed by atoms with E-state index in [1.807, 2.05) is 40.8 Å². The Morgan fingerprint density at radius 3 is 2.93 bits per heavy atom. The van der Waals surface area contributed by atoms with Gasteiger partial charge in [0.2, 0.25) is 0 Å². The monoisotopic (exact) mass is 405 g/mol. The predicted octanol–water partition coefficient (Wildman–Crippen LogP) is 3.85. The molecule has 0 aromatic carbocycles. The van der Waals surface area contributed by atoms with Crippen LogP contribution in [0.2, 0.25) is 0 Å². The second-order valence-electron chi connectivity index (χ2n) is 7.69. The molecule has 2 atom stereocenters. The van der Waals surface area contributed by atoms with Crippen LogP contribution in [0.5, 0.6) is 0 Å². The highest BCUT2D eigenvalue weighted by atomic mass is 32.1. The van der Waals surface area contributed by atoms with Crippen LogP contribution in [-0.2, 0) is 0 Å². The van der Waals surface area contributed by atoms with Crippen LogP contribution in [0.15, 0.2) is 58.5 Å². The minimum atomic E-state index is 0.0279. The SMILES string of the molecule is CC(C1CCCNC1)n1ccc(-c2cnc3c(-c4ccsc4)cnn3c2)cc1=O. The maximum Gasteiger partial charge on any atom is 0.251 e. The first kappa shape index (κ1) is 18.3. The van der Waals surface area contributed by atoms with Crippen molar-refractivity contribution < 1.29 is 0 Å². The predicted molar refractivity (Wildman–Crippen MR) is 116 cm³/mol. The van der Waals surface area contributed by atoms with Crippen LogP contribution >= 0.6 is 11.3 Å². The van der Waals surface area contributed by atoms with Gasteiger partial charge in [-0.1, -0.05) is 0 Å². The number of aromatic nitrogens is 4. The van der Waals surface area contributed by atoms with Crippen LogP contribution in [0.3, 0.4) is 0 Å². The third-order valence-corrected chi connectivity index (χ3v) is 6.61. The van der Waals surface area contributed by atoms with E-state index >= 15 is 0 Å². The number of nitrogens with zero attached hydrogens (tertiary/aromatic N) is 4. The summed E-state index contributed by atoms with van der Waals surface area (Å²) in [4.78, 5) is 17.4. The van der Waals surface area contributed by atoms with Crippen molar-refractivity contribution in [3.8, 4) is 22.3 Å². The van der Waals surface area contributed by atoms with Gasteiger partial charge in [-0.25, -0.2) is 9.50 Å². The molecular formula is C22H23N5OS. The fraction of sp³-hybridized carbons (Fsp3) is 0.318. The quantitative estimate of drug-likeness (QED) is 0.560. The third-order valence-electron chi connectivity index (χ3n) is 5.93. The van der Waals surface area contributed by atoms with Crippen molar-refractivity contribution in [3.05, 3.63) is 64.1 Å². The average Bonchev–Trinajstić information content (AvgIpc) is 3.43. The molecule has 0 radical (unpaired) electrons. The lowest BCUT2D eigenvalue weighted by molar-refractivity contribution is 0.276. The molecule has 0 bridgehead atoms. The molecule has 4 aromatic rings. The Labute approximate surface area is 172 Å². The second kappa shape index (κ2) is 7.57. The lowest BCUT2D eigenvalue weighted by atomic mass is 9.92. The summed E-state index contributed by atoms with van der Waals surface area (Å²) >= 11 is 1.66. The van der Waals surface area contributed by atoms with Crippen molar-refractivity contribution in [3.63, 3.8) is 0 Å². The molecule has 7 heteroatoms. The van der Waals surface area contributed by atoms with Crippen molar-refractivity contribution >= 4 is 17.0 Å². The summed E-state index contributed by atoms with van der Waals surface area (Å²) in [7, 11) is 0. The van der Waals surface area contributed by atoms with Gasteiger partial charge in [0.25, 0.3) is 5.56 Å². The van der Waals surface area contributed by atoms with Crippen molar-refractivity contribution in [2.45, 2.75) is 25.8 Å². The molecule has 1 aliphatic heterocycles. The van der Waals surface area contributed by atoms with Crippen molar-refractivity contribution in [2.75, 3.05) is 13.1 Å². The normalized spacial score (nSPS) is 18.2. The second-order valence-corrected chi connectivity index (χ2v) is 8.47. The van der Waals surface area contributed by atoms with Gasteiger partial charge in [-0.05, 0) is 72.8 Å². The van der Waals surface area contributed by atoms with E-state index in [0.29, 0.717) is 5.92 Å². The molecule has 0 aliphatic carbocycles. The first-order chi connectivity index (χ1) is 14.2. The summed E-state index contributed by atoms with van der Waals surface area (Å²) in [6.45, 7) is 4.19. The van der Waals surface area contributed by atoms with Crippen LogP contribution < -0.4 is 10.9 Å². The lowest BCUT2D eigenvalue weighted by Gasteiger charge is -2.29. The molecule has 1 N–H and O–H groups in total. The fourth-order valence-corrected chi connectivity index (χ4v) is 4.82. The number of nitrogens with one attached hydrogen (secondary N) is 1. The van der Waals surface area contributed by atoms with Gasteiger partial charge in [0.05, 0.1) is 6.20 Å². The molecule has 1 saturated heterocycles. The zero-order chi connectivity index (χ0) is 19.8. The Balaban J connectivity index is 1.45. The highest BCUT2D eigenvalue weighted by Gasteiger charge is 2.22. The largest absolute Gasteiger partial charge is 0.316 e. The van der Waals surface area contributed by atoms with Gasteiger partial charge in [-0.15, -0.1) is 0 Å². The van der Waals surface area contributed by atoms with Gasteiger partial charge in [0.15, 0.2) is 5.65 Å². The van der Waals surface area contributed by atoms with Crippen LogP contribution in [-0.4, -0.2) is 32.3 Å². The van der Waals surface area contributed by atoms with Crippen molar-refractivity contribution in [1.82, 2.24) is 24.5 Å². The zero-order valence-corrected chi connectivity index (χ0v) is 17.1. The summed E-state index contributed by atoms with van der Waals surface area (Å²) in [6, 6.07) is 5.96. The first-order valence-corrected chi connectivity index (χ1v) is 10.9. The summed E-state index contributed by atoms with van der Waals surface area (Å²) in [5.74, 6) is 0.491. The van der Waals surface area contributed by atoms with Crippen molar-refractivity contribution in [2.24, 2.45) is 5.92 Å². The number of hydrogen-bond donors (Lipinski definition) is 1. The molecule has 1 aliphatic rings. The number of thiophene rings is 1. The average molecular weight is 406 g/mol. The standard InChI is InChI=1S/C22H23N5OS/c1-15(17-3-2-6-23-10-17)26-7-4-16(9-21(26)28)19-11-24-22-20(12-25-27(22)13-19)18-5-8-29-14-18/h4-5,7-9,11-15,17,23H,2-3,6,10H2,1H3. The highest BCUT2D eigenvalue weighted by Crippen LogP contribution is 2.27. The van der Waals surface area contributed by atoms with Crippen LogP contribution in [0.4, 0.5) is 0 Å². The maximum absolute atomic E-state index is 12.8. The third kappa shape index (κ3) is 3.41. The number of rotatable bonds is 4. The van der Waals surface area contributed by atoms with Gasteiger partial charge in [0.1, 0.15) is 0 Å². The smallest absolute Gasteiger partial charge is 0.251 e. The van der Waals surface area contributed by atoms with Crippen LogP contribution in [0, 0.1) is 5.92 Å². The Hall–Kier alpha value is -2.77. The molecule has 0 amide bonds. The van der Waals surface area contributed by atoms with Crippen LogP contribution in [0.1, 0.15) is 25.8 Å². The molecule has 4 aromatic heterocycles. The van der Waals surface area contributed by atoms with E-state index in [1.165, 1.54) is 6.42 Å². The summed E-state index contributed by atoms with van der Waals surface area (Å²) < 4.78 is 3.64. The maximum atomic E-state index is 12.8. The minimum absolute atomic E-state index is 0.0279. The Morgan fingerprint density at radius 2 is 2.17 bits per heavy atom. The number of piperidine rings is 1. The topological polar surface area (TPSA) is 64.2 Å². The molecule has 29 heavy (non-hydrogen) atoms. The minimum Gasteiger partial charge on any atom is -0.316 e. The zero-order valence-electron chi connectivity index (χ0n) is 16.3.